The first-order valence-corrected chi connectivity index (χ1v) is 8.49. The van der Waals surface area contributed by atoms with Gasteiger partial charge in [-0.25, -0.2) is 4.98 Å². The highest BCUT2D eigenvalue weighted by atomic mass is 35.5. The van der Waals surface area contributed by atoms with Crippen molar-refractivity contribution in [2.45, 2.75) is 32.6 Å². The van der Waals surface area contributed by atoms with Gasteiger partial charge in [-0.2, -0.15) is 0 Å². The van der Waals surface area contributed by atoms with Gasteiger partial charge in [0.15, 0.2) is 6.29 Å². The molecule has 1 unspecified atom stereocenters. The predicted molar refractivity (Wildman–Crippen MR) is 98.8 cm³/mol. The van der Waals surface area contributed by atoms with Crippen LogP contribution in [0.25, 0.3) is 0 Å². The van der Waals surface area contributed by atoms with Crippen molar-refractivity contribution >= 4 is 28.9 Å². The molecule has 6 heteroatoms. The van der Waals surface area contributed by atoms with E-state index in [9.17, 15) is 0 Å². The topological polar surface area (TPSA) is 43.4 Å². The molecule has 130 valence electrons. The Hall–Kier alpha value is -1.33. The van der Waals surface area contributed by atoms with Crippen LogP contribution in [0.15, 0.2) is 30.5 Å². The quantitative estimate of drug-likeness (QED) is 0.513. The van der Waals surface area contributed by atoms with Gasteiger partial charge < -0.3 is 14.8 Å². The maximum Gasteiger partial charge on any atom is 0.186 e. The summed E-state index contributed by atoms with van der Waals surface area (Å²) in [5.41, 5.74) is 3.77. The zero-order valence-corrected chi connectivity index (χ0v) is 15.8. The molecule has 0 aliphatic rings. The summed E-state index contributed by atoms with van der Waals surface area (Å²) in [7, 11) is 3.13. The summed E-state index contributed by atoms with van der Waals surface area (Å²) in [5.74, 6) is 0. The molecular formula is C18H22Cl2N2O2. The highest BCUT2D eigenvalue weighted by Gasteiger charge is 2.17. The molecule has 1 aromatic heterocycles. The molecule has 2 rings (SSSR count). The van der Waals surface area contributed by atoms with Crippen LogP contribution in [-0.4, -0.2) is 19.2 Å². The predicted octanol–water partition coefficient (Wildman–Crippen LogP) is 5.55. The number of hydrogen-bond donors (Lipinski definition) is 1. The fourth-order valence-electron chi connectivity index (χ4n) is 2.57. The molecule has 2 aromatic rings. The molecule has 1 heterocycles. The second-order valence-electron chi connectivity index (χ2n) is 5.52. The molecule has 0 bridgehead atoms. The number of nitrogens with zero attached hydrogens (tertiary/aromatic N) is 1. The van der Waals surface area contributed by atoms with E-state index in [0.717, 1.165) is 22.7 Å². The third kappa shape index (κ3) is 4.39. The maximum absolute atomic E-state index is 6.16. The van der Waals surface area contributed by atoms with E-state index in [1.54, 1.807) is 20.4 Å². The van der Waals surface area contributed by atoms with Gasteiger partial charge in [-0.05, 0) is 36.6 Å². The molecule has 1 N–H and O–H groups in total. The highest BCUT2D eigenvalue weighted by Crippen LogP contribution is 2.30. The monoisotopic (exact) mass is 368 g/mol. The number of hydrogen-bond acceptors (Lipinski definition) is 4. The van der Waals surface area contributed by atoms with Crippen molar-refractivity contribution in [1.29, 1.82) is 0 Å². The molecule has 0 aliphatic heterocycles. The molecule has 0 saturated carbocycles. The zero-order valence-electron chi connectivity index (χ0n) is 14.3. The summed E-state index contributed by atoms with van der Waals surface area (Å²) in [6.07, 6.45) is 2.07. The van der Waals surface area contributed by atoms with Gasteiger partial charge in [0.2, 0.25) is 0 Å². The van der Waals surface area contributed by atoms with Crippen molar-refractivity contribution in [3.63, 3.8) is 0 Å². The Morgan fingerprint density at radius 3 is 2.46 bits per heavy atom. The van der Waals surface area contributed by atoms with E-state index in [-0.39, 0.29) is 6.04 Å². The van der Waals surface area contributed by atoms with Gasteiger partial charge >= 0.3 is 0 Å². The van der Waals surface area contributed by atoms with E-state index < -0.39 is 6.29 Å². The summed E-state index contributed by atoms with van der Waals surface area (Å²) >= 11 is 12.3. The zero-order chi connectivity index (χ0) is 17.7. The van der Waals surface area contributed by atoms with Gasteiger partial charge in [-0.15, -0.1) is 0 Å². The minimum Gasteiger partial charge on any atom is -0.377 e. The van der Waals surface area contributed by atoms with Gasteiger partial charge in [0, 0.05) is 24.8 Å². The van der Waals surface area contributed by atoms with Crippen molar-refractivity contribution in [3.05, 3.63) is 57.3 Å². The lowest BCUT2D eigenvalue weighted by molar-refractivity contribution is -0.106. The van der Waals surface area contributed by atoms with Crippen LogP contribution in [-0.2, 0) is 9.47 Å². The van der Waals surface area contributed by atoms with E-state index in [2.05, 4.69) is 23.3 Å². The largest absolute Gasteiger partial charge is 0.377 e. The van der Waals surface area contributed by atoms with E-state index in [1.807, 2.05) is 25.1 Å². The number of rotatable bonds is 7. The summed E-state index contributed by atoms with van der Waals surface area (Å²) in [5, 5.41) is 4.62. The van der Waals surface area contributed by atoms with Gasteiger partial charge in [0.05, 0.1) is 17.9 Å². The Labute approximate surface area is 153 Å². The van der Waals surface area contributed by atoms with Crippen LogP contribution in [0.2, 0.25) is 10.2 Å². The summed E-state index contributed by atoms with van der Waals surface area (Å²) in [4.78, 5) is 4.23. The maximum atomic E-state index is 6.16. The Morgan fingerprint density at radius 2 is 1.88 bits per heavy atom. The minimum absolute atomic E-state index is 0.139. The third-order valence-corrected chi connectivity index (χ3v) is 4.62. The number of pyridine rings is 1. The first-order chi connectivity index (χ1) is 11.5. The summed E-state index contributed by atoms with van der Waals surface area (Å²) < 4.78 is 10.6. The Bertz CT molecular complexity index is 691. The number of halogens is 2. The van der Waals surface area contributed by atoms with Crippen molar-refractivity contribution in [1.82, 2.24) is 4.98 Å². The van der Waals surface area contributed by atoms with Gasteiger partial charge in [0.1, 0.15) is 5.15 Å². The van der Waals surface area contributed by atoms with Crippen LogP contribution >= 0.6 is 23.2 Å². The van der Waals surface area contributed by atoms with Gasteiger partial charge in [-0.3, -0.25) is 0 Å². The van der Waals surface area contributed by atoms with Crippen molar-refractivity contribution in [3.8, 4) is 0 Å². The molecule has 0 spiro atoms. The molecule has 1 aromatic carbocycles. The Morgan fingerprint density at radius 1 is 1.17 bits per heavy atom. The number of aromatic nitrogens is 1. The van der Waals surface area contributed by atoms with Crippen LogP contribution in [0.5, 0.6) is 0 Å². The molecule has 0 fully saturated rings. The van der Waals surface area contributed by atoms with Crippen LogP contribution < -0.4 is 5.32 Å². The highest BCUT2D eigenvalue weighted by molar-refractivity contribution is 6.31. The van der Waals surface area contributed by atoms with Crippen molar-refractivity contribution < 1.29 is 9.47 Å². The first-order valence-electron chi connectivity index (χ1n) is 7.73. The molecule has 24 heavy (non-hydrogen) atoms. The van der Waals surface area contributed by atoms with Crippen LogP contribution in [0, 0.1) is 6.92 Å². The minimum atomic E-state index is -0.551. The molecule has 4 nitrogen and oxygen atoms in total. The lowest BCUT2D eigenvalue weighted by Crippen LogP contribution is -2.12. The molecule has 0 radical (unpaired) electrons. The number of anilines is 1. The average molecular weight is 369 g/mol. The molecule has 1 atom stereocenters. The first kappa shape index (κ1) is 19.0. The van der Waals surface area contributed by atoms with E-state index >= 15 is 0 Å². The van der Waals surface area contributed by atoms with Crippen LogP contribution in [0.4, 0.5) is 5.69 Å². The second kappa shape index (κ2) is 8.67. The van der Waals surface area contributed by atoms with Gasteiger partial charge in [-0.1, -0.05) is 42.3 Å². The third-order valence-electron chi connectivity index (χ3n) is 3.88. The number of nitrogens with one attached hydrogen (secondary N) is 1. The Balaban J connectivity index is 2.27. The SMILES string of the molecule is CCC(Nc1cnc(Cl)c(C(OC)OC)c1)c1ccc(Cl)c(C)c1. The normalized spacial score (nSPS) is 12.5. The number of methoxy groups -OCH3 is 2. The number of aryl methyl sites for hydroxylation is 1. The summed E-state index contributed by atoms with van der Waals surface area (Å²) in [6.45, 7) is 4.13. The number of ether oxygens (including phenoxy) is 2. The van der Waals surface area contributed by atoms with Crippen molar-refractivity contribution in [2.24, 2.45) is 0 Å². The van der Waals surface area contributed by atoms with Crippen LogP contribution in [0.1, 0.15) is 42.4 Å². The summed E-state index contributed by atoms with van der Waals surface area (Å²) in [6, 6.07) is 8.10. The molecule has 0 aliphatic carbocycles. The standard InChI is InChI=1S/C18H22Cl2N2O2/c1-5-16(12-6-7-15(19)11(2)8-12)22-13-9-14(17(20)21-10-13)18(23-3)24-4/h6-10,16,18,22H,5H2,1-4H3. The van der Waals surface area contributed by atoms with Gasteiger partial charge in [0.25, 0.3) is 0 Å². The fraction of sp³-hybridized carbons (Fsp3) is 0.389. The number of benzene rings is 1. The lowest BCUT2D eigenvalue weighted by atomic mass is 10.0. The fourth-order valence-corrected chi connectivity index (χ4v) is 2.88. The van der Waals surface area contributed by atoms with E-state index in [0.29, 0.717) is 10.7 Å². The average Bonchev–Trinajstić information content (AvgIpc) is 2.58. The van der Waals surface area contributed by atoms with Crippen molar-refractivity contribution in [2.75, 3.05) is 19.5 Å². The molecular weight excluding hydrogens is 347 g/mol. The molecule has 0 saturated heterocycles. The smallest absolute Gasteiger partial charge is 0.186 e. The lowest BCUT2D eigenvalue weighted by Gasteiger charge is -2.21. The van der Waals surface area contributed by atoms with E-state index in [4.69, 9.17) is 32.7 Å². The van der Waals surface area contributed by atoms with Crippen LogP contribution in [0.3, 0.4) is 0 Å². The van der Waals surface area contributed by atoms with E-state index in [1.165, 1.54) is 5.56 Å². The molecule has 0 amide bonds. The second-order valence-corrected chi connectivity index (χ2v) is 6.29. The Kier molecular flexibility index (Phi) is 6.87.